The molecular weight excluding hydrogens is 536 g/mol. The van der Waals surface area contributed by atoms with Crippen molar-refractivity contribution in [3.05, 3.63) is 158 Å². The Morgan fingerprint density at radius 1 is 0.477 bits per heavy atom. The van der Waals surface area contributed by atoms with Crippen molar-refractivity contribution in [1.29, 1.82) is 0 Å². The Morgan fingerprint density at radius 2 is 1.11 bits per heavy atom. The number of imidazole rings is 1. The van der Waals surface area contributed by atoms with Gasteiger partial charge in [0.2, 0.25) is 0 Å². The maximum absolute atomic E-state index is 6.69. The van der Waals surface area contributed by atoms with Crippen molar-refractivity contribution in [2.45, 2.75) is 0 Å². The summed E-state index contributed by atoms with van der Waals surface area (Å²) in [6.07, 6.45) is 0. The van der Waals surface area contributed by atoms with Gasteiger partial charge in [0.1, 0.15) is 17.0 Å². The summed E-state index contributed by atoms with van der Waals surface area (Å²) in [5, 5.41) is 4.54. The number of fused-ring (bicyclic) bond motifs is 5. The van der Waals surface area contributed by atoms with E-state index in [4.69, 9.17) is 9.40 Å². The van der Waals surface area contributed by atoms with Crippen molar-refractivity contribution in [2.24, 2.45) is 0 Å². The zero-order chi connectivity index (χ0) is 29.0. The van der Waals surface area contributed by atoms with Crippen LogP contribution in [-0.4, -0.2) is 9.55 Å². The van der Waals surface area contributed by atoms with E-state index in [1.165, 1.54) is 27.5 Å². The highest BCUT2D eigenvalue weighted by atomic mass is 16.3. The van der Waals surface area contributed by atoms with E-state index >= 15 is 0 Å². The highest BCUT2D eigenvalue weighted by molar-refractivity contribution is 6.10. The van der Waals surface area contributed by atoms with E-state index in [2.05, 4.69) is 150 Å². The van der Waals surface area contributed by atoms with E-state index in [9.17, 15) is 0 Å². The van der Waals surface area contributed by atoms with Crippen LogP contribution in [-0.2, 0) is 0 Å². The molecule has 0 radical (unpaired) electrons. The van der Waals surface area contributed by atoms with Gasteiger partial charge in [-0.1, -0.05) is 115 Å². The molecular formula is C41H26N2O. The van der Waals surface area contributed by atoms with Gasteiger partial charge in [0.15, 0.2) is 0 Å². The minimum absolute atomic E-state index is 0.842. The van der Waals surface area contributed by atoms with Crippen LogP contribution in [0, 0.1) is 0 Å². The van der Waals surface area contributed by atoms with Crippen molar-refractivity contribution >= 4 is 43.7 Å². The van der Waals surface area contributed by atoms with Gasteiger partial charge in [-0.2, -0.15) is 0 Å². The fraction of sp³-hybridized carbons (Fsp3) is 0. The molecule has 9 rings (SSSR count). The first kappa shape index (κ1) is 24.6. The van der Waals surface area contributed by atoms with Crippen molar-refractivity contribution < 1.29 is 4.42 Å². The number of benzene rings is 7. The largest absolute Gasteiger partial charge is 0.455 e. The molecule has 0 fully saturated rings. The summed E-state index contributed by atoms with van der Waals surface area (Å²) in [6.45, 7) is 0. The maximum atomic E-state index is 6.69. The molecule has 0 aliphatic heterocycles. The number of hydrogen-bond donors (Lipinski definition) is 0. The van der Waals surface area contributed by atoms with Crippen LogP contribution in [0.1, 0.15) is 0 Å². The summed E-state index contributed by atoms with van der Waals surface area (Å²) in [7, 11) is 0. The molecule has 9 aromatic rings. The zero-order valence-corrected chi connectivity index (χ0v) is 23.8. The van der Waals surface area contributed by atoms with E-state index in [-0.39, 0.29) is 0 Å². The maximum Gasteiger partial charge on any atom is 0.149 e. The molecule has 0 bridgehead atoms. The van der Waals surface area contributed by atoms with E-state index < -0.39 is 0 Å². The molecule has 0 N–H and O–H groups in total. The summed E-state index contributed by atoms with van der Waals surface area (Å²) in [5.74, 6) is 0.857. The third kappa shape index (κ3) is 3.94. The predicted molar refractivity (Wildman–Crippen MR) is 182 cm³/mol. The van der Waals surface area contributed by atoms with Crippen LogP contribution < -0.4 is 0 Å². The smallest absolute Gasteiger partial charge is 0.149 e. The Bertz CT molecular complexity index is 2470. The van der Waals surface area contributed by atoms with Crippen LogP contribution >= 0.6 is 0 Å². The molecule has 2 heterocycles. The third-order valence-electron chi connectivity index (χ3n) is 8.60. The van der Waals surface area contributed by atoms with E-state index in [0.717, 1.165) is 55.6 Å². The summed E-state index contributed by atoms with van der Waals surface area (Å²) in [4.78, 5) is 5.28. The van der Waals surface area contributed by atoms with Gasteiger partial charge in [0.25, 0.3) is 0 Å². The molecule has 2 aromatic heterocycles. The van der Waals surface area contributed by atoms with Gasteiger partial charge in [-0.25, -0.2) is 4.98 Å². The highest BCUT2D eigenvalue weighted by Gasteiger charge is 2.20. The molecule has 0 saturated carbocycles. The fourth-order valence-corrected chi connectivity index (χ4v) is 6.42. The minimum Gasteiger partial charge on any atom is -0.455 e. The number of para-hydroxylation sites is 1. The second kappa shape index (κ2) is 9.82. The molecule has 7 aromatic carbocycles. The average molecular weight is 563 g/mol. The molecule has 3 heteroatoms. The van der Waals surface area contributed by atoms with Gasteiger partial charge in [0.05, 0.1) is 16.6 Å². The first-order chi connectivity index (χ1) is 21.8. The standard InChI is InChI=1S/C41H26N2O/c1-3-10-27(11-4-1)29-18-21-33(22-19-29)43-38-25-31-15-8-7-14-30(31)24-37(38)42-41(43)36-17-9-16-35-34-23-20-32(26-39(34)44-40(35)36)28-12-5-2-6-13-28/h1-26H. The molecule has 0 spiro atoms. The Balaban J connectivity index is 1.28. The van der Waals surface area contributed by atoms with Crippen LogP contribution in [0.2, 0.25) is 0 Å². The van der Waals surface area contributed by atoms with E-state index in [1.807, 2.05) is 12.1 Å². The van der Waals surface area contributed by atoms with Gasteiger partial charge in [0, 0.05) is 16.5 Å². The Kier molecular flexibility index (Phi) is 5.50. The van der Waals surface area contributed by atoms with Gasteiger partial charge in [-0.15, -0.1) is 0 Å². The van der Waals surface area contributed by atoms with Gasteiger partial charge >= 0.3 is 0 Å². The summed E-state index contributed by atoms with van der Waals surface area (Å²) in [5.41, 5.74) is 10.4. The monoisotopic (exact) mass is 562 g/mol. The quantitative estimate of drug-likeness (QED) is 0.214. The Hall–Kier alpha value is -5.93. The highest BCUT2D eigenvalue weighted by Crippen LogP contribution is 2.39. The van der Waals surface area contributed by atoms with Crippen molar-refractivity contribution in [3.63, 3.8) is 0 Å². The second-order valence-corrected chi connectivity index (χ2v) is 11.2. The van der Waals surface area contributed by atoms with Crippen molar-refractivity contribution in [1.82, 2.24) is 9.55 Å². The summed E-state index contributed by atoms with van der Waals surface area (Å²) >= 11 is 0. The molecule has 206 valence electrons. The van der Waals surface area contributed by atoms with Crippen LogP contribution in [0.3, 0.4) is 0 Å². The molecule has 44 heavy (non-hydrogen) atoms. The summed E-state index contributed by atoms with van der Waals surface area (Å²) in [6, 6.07) is 55.4. The number of nitrogens with zero attached hydrogens (tertiary/aromatic N) is 2. The van der Waals surface area contributed by atoms with Crippen LogP contribution in [0.25, 0.3) is 83.1 Å². The second-order valence-electron chi connectivity index (χ2n) is 11.2. The van der Waals surface area contributed by atoms with Crippen molar-refractivity contribution in [2.75, 3.05) is 0 Å². The normalized spacial score (nSPS) is 11.6. The van der Waals surface area contributed by atoms with Crippen LogP contribution in [0.5, 0.6) is 0 Å². The SMILES string of the molecule is c1ccc(-c2ccc(-n3c(-c4cccc5c4oc4cc(-c6ccccc6)ccc45)nc4cc5ccccc5cc43)cc2)cc1. The van der Waals surface area contributed by atoms with Crippen molar-refractivity contribution in [3.8, 4) is 39.3 Å². The minimum atomic E-state index is 0.842. The first-order valence-electron chi connectivity index (χ1n) is 14.9. The molecule has 0 aliphatic carbocycles. The third-order valence-corrected chi connectivity index (χ3v) is 8.60. The zero-order valence-electron chi connectivity index (χ0n) is 23.8. The topological polar surface area (TPSA) is 31.0 Å². The number of hydrogen-bond acceptors (Lipinski definition) is 2. The predicted octanol–water partition coefficient (Wildman–Crippen LogP) is 11.1. The lowest BCUT2D eigenvalue weighted by molar-refractivity contribution is 0.669. The number of rotatable bonds is 4. The van der Waals surface area contributed by atoms with Gasteiger partial charge in [-0.05, 0) is 75.5 Å². The van der Waals surface area contributed by atoms with E-state index in [0.29, 0.717) is 0 Å². The molecule has 0 aliphatic rings. The van der Waals surface area contributed by atoms with Gasteiger partial charge in [-0.3, -0.25) is 4.57 Å². The number of aromatic nitrogens is 2. The fourth-order valence-electron chi connectivity index (χ4n) is 6.42. The number of furan rings is 1. The molecule has 0 atom stereocenters. The van der Waals surface area contributed by atoms with Crippen LogP contribution in [0.4, 0.5) is 0 Å². The molecule has 0 saturated heterocycles. The molecule has 0 unspecified atom stereocenters. The molecule has 3 nitrogen and oxygen atoms in total. The lowest BCUT2D eigenvalue weighted by Crippen LogP contribution is -1.98. The molecule has 0 amide bonds. The van der Waals surface area contributed by atoms with E-state index in [1.54, 1.807) is 0 Å². The summed E-state index contributed by atoms with van der Waals surface area (Å²) < 4.78 is 8.96. The average Bonchev–Trinajstić information content (AvgIpc) is 3.66. The Labute approximate surface area is 254 Å². The lowest BCUT2D eigenvalue weighted by Gasteiger charge is -2.11. The lowest BCUT2D eigenvalue weighted by atomic mass is 10.0. The van der Waals surface area contributed by atoms with Gasteiger partial charge < -0.3 is 4.42 Å². The van der Waals surface area contributed by atoms with Crippen LogP contribution in [0.15, 0.2) is 162 Å². The first-order valence-corrected chi connectivity index (χ1v) is 14.9. The Morgan fingerprint density at radius 3 is 1.86 bits per heavy atom.